The van der Waals surface area contributed by atoms with Crippen LogP contribution in [0.25, 0.3) is 5.57 Å². The summed E-state index contributed by atoms with van der Waals surface area (Å²) < 4.78 is 36.2. The number of aliphatic imine (C=N–C) groups is 1. The van der Waals surface area contributed by atoms with Crippen LogP contribution in [0.2, 0.25) is 0 Å². The molecule has 3 atom stereocenters. The Bertz CT molecular complexity index is 1860. The molecule has 0 aromatic heterocycles. The number of anilines is 1. The predicted molar refractivity (Wildman–Crippen MR) is 199 cm³/mol. The molecular weight excluding hydrogens is 650 g/mol. The number of amides is 2. The smallest absolute Gasteiger partial charge is 0.251 e. The summed E-state index contributed by atoms with van der Waals surface area (Å²) >= 11 is 0. The van der Waals surface area contributed by atoms with Crippen molar-refractivity contribution in [2.24, 2.45) is 16.6 Å². The van der Waals surface area contributed by atoms with E-state index >= 15 is 8.78 Å². The summed E-state index contributed by atoms with van der Waals surface area (Å²) in [5.41, 5.74) is 10.6. The highest BCUT2D eigenvalue weighted by molar-refractivity contribution is 6.14. The predicted octanol–water partition coefficient (Wildman–Crippen LogP) is 6.71. The van der Waals surface area contributed by atoms with Gasteiger partial charge < -0.3 is 31.8 Å². The molecule has 0 saturated heterocycles. The number of aryl methyl sites for hydroxylation is 1. The molecule has 51 heavy (non-hydrogen) atoms. The Kier molecular flexibility index (Phi) is 12.6. The monoisotopic (exact) mass is 694 g/mol. The Balaban J connectivity index is 1.13. The van der Waals surface area contributed by atoms with E-state index in [0.717, 1.165) is 24.1 Å². The molecule has 266 valence electrons. The minimum absolute atomic E-state index is 0.123. The zero-order chi connectivity index (χ0) is 36.3. The minimum atomic E-state index is -1.03. The standard InChI is InChI=1S/C40H44F2N6O3/c1-3-25-23-27(17-18-29(25)39(49)45-21-22-46-40(50)33(44)15-9-8-11-26(43)4-2)48-34-16-10-14-31-32(24-47-38(31)34)30-19-20-35(37(42)36(30)41)51-28-12-6-5-7-13-28/h4-7,10,12,14,16-20,23-24,28,31,33,43,48H,2-3,8-9,11,13,15,21-22,44H2,1H3,(H,45,49)(H,46,50)/t28?,31?,33-/m1/s1. The van der Waals surface area contributed by atoms with E-state index in [1.807, 2.05) is 49.4 Å². The molecule has 1 heterocycles. The molecule has 0 saturated carbocycles. The lowest BCUT2D eigenvalue weighted by molar-refractivity contribution is -0.122. The number of carbonyl (C=O) groups is 2. The van der Waals surface area contributed by atoms with Gasteiger partial charge in [0.15, 0.2) is 11.6 Å². The lowest BCUT2D eigenvalue weighted by atomic mass is 9.86. The van der Waals surface area contributed by atoms with Gasteiger partial charge in [-0.3, -0.25) is 14.6 Å². The van der Waals surface area contributed by atoms with Gasteiger partial charge in [0, 0.05) is 54.2 Å². The van der Waals surface area contributed by atoms with Crippen LogP contribution in [-0.2, 0) is 11.2 Å². The average Bonchev–Trinajstić information content (AvgIpc) is 3.58. The van der Waals surface area contributed by atoms with Crippen molar-refractivity contribution in [3.63, 3.8) is 0 Å². The Hall–Kier alpha value is -5.42. The highest BCUT2D eigenvalue weighted by Gasteiger charge is 2.31. The summed E-state index contributed by atoms with van der Waals surface area (Å²) in [4.78, 5) is 30.0. The number of hydrogen-bond acceptors (Lipinski definition) is 7. The van der Waals surface area contributed by atoms with Crippen molar-refractivity contribution in [3.05, 3.63) is 126 Å². The van der Waals surface area contributed by atoms with Gasteiger partial charge in [-0.25, -0.2) is 4.39 Å². The zero-order valence-corrected chi connectivity index (χ0v) is 28.7. The highest BCUT2D eigenvalue weighted by atomic mass is 19.2. The van der Waals surface area contributed by atoms with Crippen LogP contribution in [-0.4, -0.2) is 48.5 Å². The Morgan fingerprint density at radius 3 is 2.69 bits per heavy atom. The van der Waals surface area contributed by atoms with Gasteiger partial charge in [0.1, 0.15) is 6.10 Å². The molecular formula is C40H44F2N6O3. The van der Waals surface area contributed by atoms with Crippen LogP contribution in [0.1, 0.15) is 60.5 Å². The minimum Gasteiger partial charge on any atom is -0.483 e. The Morgan fingerprint density at radius 2 is 1.92 bits per heavy atom. The van der Waals surface area contributed by atoms with Crippen LogP contribution in [0.5, 0.6) is 5.75 Å². The van der Waals surface area contributed by atoms with E-state index in [2.05, 4.69) is 27.5 Å². The molecule has 2 aliphatic carbocycles. The third-order valence-electron chi connectivity index (χ3n) is 8.91. The normalized spacial score (nSPS) is 17.8. The molecule has 9 nitrogen and oxygen atoms in total. The van der Waals surface area contributed by atoms with Crippen LogP contribution in [0.4, 0.5) is 14.5 Å². The van der Waals surface area contributed by atoms with E-state index < -0.39 is 17.7 Å². The van der Waals surface area contributed by atoms with Crippen LogP contribution >= 0.6 is 0 Å². The number of unbranched alkanes of at least 4 members (excludes halogenated alkanes) is 1. The maximum Gasteiger partial charge on any atom is 0.251 e. The van der Waals surface area contributed by atoms with Crippen LogP contribution in [0.3, 0.4) is 0 Å². The van der Waals surface area contributed by atoms with Crippen molar-refractivity contribution in [1.82, 2.24) is 10.6 Å². The number of fused-ring (bicyclic) bond motifs is 1. The third kappa shape index (κ3) is 9.23. The van der Waals surface area contributed by atoms with Crippen molar-refractivity contribution in [2.75, 3.05) is 18.4 Å². The summed E-state index contributed by atoms with van der Waals surface area (Å²) in [5.74, 6) is -3.07. The Labute approximate surface area is 297 Å². The molecule has 1 aliphatic heterocycles. The topological polar surface area (TPSA) is 142 Å². The van der Waals surface area contributed by atoms with Gasteiger partial charge in [0.05, 0.1) is 17.5 Å². The first-order chi connectivity index (χ1) is 24.7. The number of ether oxygens (including phenoxy) is 1. The number of rotatable bonds is 17. The van der Waals surface area contributed by atoms with E-state index in [1.54, 1.807) is 24.4 Å². The zero-order valence-electron chi connectivity index (χ0n) is 28.7. The number of halogens is 2. The number of benzene rings is 2. The molecule has 0 radical (unpaired) electrons. The average molecular weight is 695 g/mol. The Morgan fingerprint density at radius 1 is 1.10 bits per heavy atom. The van der Waals surface area contributed by atoms with Crippen LogP contribution in [0, 0.1) is 23.0 Å². The largest absolute Gasteiger partial charge is 0.483 e. The molecule has 5 rings (SSSR count). The van der Waals surface area contributed by atoms with Gasteiger partial charge >= 0.3 is 0 Å². The number of allylic oxidation sites excluding steroid dienone is 8. The second kappa shape index (κ2) is 17.5. The van der Waals surface area contributed by atoms with E-state index in [-0.39, 0.29) is 48.2 Å². The van der Waals surface area contributed by atoms with Crippen LogP contribution < -0.4 is 26.4 Å². The fraction of sp³-hybridized carbons (Fsp3) is 0.300. The number of nitrogens with two attached hydrogens (primary N) is 1. The number of hydrogen-bond donors (Lipinski definition) is 5. The molecule has 3 aliphatic rings. The summed E-state index contributed by atoms with van der Waals surface area (Å²) in [6.45, 7) is 6.01. The molecule has 2 aromatic rings. The molecule has 2 unspecified atom stereocenters. The summed E-state index contributed by atoms with van der Waals surface area (Å²) in [6, 6.07) is 7.78. The summed E-state index contributed by atoms with van der Waals surface area (Å²) in [7, 11) is 0. The van der Waals surface area contributed by atoms with Gasteiger partial charge in [-0.15, -0.1) is 0 Å². The quantitative estimate of drug-likeness (QED) is 0.0925. The maximum atomic E-state index is 15.4. The molecule has 0 spiro atoms. The fourth-order valence-corrected chi connectivity index (χ4v) is 6.07. The van der Waals surface area contributed by atoms with E-state index in [4.69, 9.17) is 15.9 Å². The van der Waals surface area contributed by atoms with E-state index in [0.29, 0.717) is 53.9 Å². The third-order valence-corrected chi connectivity index (χ3v) is 8.91. The van der Waals surface area contributed by atoms with Crippen molar-refractivity contribution in [2.45, 2.75) is 57.6 Å². The molecule has 0 fully saturated rings. The first kappa shape index (κ1) is 36.9. The van der Waals surface area contributed by atoms with Crippen LogP contribution in [0.15, 0.2) is 102 Å². The molecule has 0 bridgehead atoms. The number of nitrogens with zero attached hydrogens (tertiary/aromatic N) is 1. The highest BCUT2D eigenvalue weighted by Crippen LogP contribution is 2.38. The summed E-state index contributed by atoms with van der Waals surface area (Å²) in [5, 5.41) is 16.6. The maximum absolute atomic E-state index is 15.4. The van der Waals surface area contributed by atoms with Gasteiger partial charge in [-0.1, -0.05) is 50.3 Å². The summed E-state index contributed by atoms with van der Waals surface area (Å²) in [6.07, 6.45) is 19.6. The fourth-order valence-electron chi connectivity index (χ4n) is 6.07. The molecule has 6 N–H and O–H groups in total. The molecule has 2 amide bonds. The first-order valence-corrected chi connectivity index (χ1v) is 17.3. The molecule has 11 heteroatoms. The van der Waals surface area contributed by atoms with E-state index in [1.165, 1.54) is 18.2 Å². The second-order valence-corrected chi connectivity index (χ2v) is 12.5. The van der Waals surface area contributed by atoms with Crippen molar-refractivity contribution in [3.8, 4) is 5.75 Å². The van der Waals surface area contributed by atoms with Crippen molar-refractivity contribution >= 4 is 34.5 Å². The van der Waals surface area contributed by atoms with Crippen molar-refractivity contribution < 1.29 is 23.1 Å². The van der Waals surface area contributed by atoms with Gasteiger partial charge in [-0.2, -0.15) is 4.39 Å². The number of carbonyl (C=O) groups excluding carboxylic acids is 2. The second-order valence-electron chi connectivity index (χ2n) is 12.5. The van der Waals surface area contributed by atoms with Gasteiger partial charge in [0.25, 0.3) is 5.91 Å². The lowest BCUT2D eigenvalue weighted by Crippen LogP contribution is -2.43. The van der Waals surface area contributed by atoms with Crippen molar-refractivity contribution in [1.29, 1.82) is 5.41 Å². The SMILES string of the molecule is C=CC(=N)CCCC[C@@H](N)C(=O)NCCNC(=O)c1ccc(NC2=CC=CC3C(c4ccc(OC5C=CC=CC5)c(F)c4F)=CN=C23)cc1CC. The number of nitrogens with one attached hydrogen (secondary N) is 4. The van der Waals surface area contributed by atoms with Gasteiger partial charge in [-0.05, 0) is 85.4 Å². The van der Waals surface area contributed by atoms with E-state index in [9.17, 15) is 9.59 Å². The molecule has 2 aromatic carbocycles. The van der Waals surface area contributed by atoms with Gasteiger partial charge in [0.2, 0.25) is 11.7 Å². The lowest BCUT2D eigenvalue weighted by Gasteiger charge is -2.22. The first-order valence-electron chi connectivity index (χ1n) is 17.3.